The van der Waals surface area contributed by atoms with Crippen molar-refractivity contribution in [3.63, 3.8) is 0 Å². The summed E-state index contributed by atoms with van der Waals surface area (Å²) in [5.41, 5.74) is 10.4. The number of rotatable bonds is 3. The SMILES string of the molecule is Cc1cccc2c1N1c3ccc(N(c4ccc5ccccc5c4)c4cccc5ccccc45)cc3C(C)(C)c3cccc(c31)O2. The Hall–Kier alpha value is -5.54. The summed E-state index contributed by atoms with van der Waals surface area (Å²) in [6.07, 6.45) is 0. The van der Waals surface area contributed by atoms with E-state index in [1.807, 2.05) is 0 Å². The molecule has 3 nitrogen and oxygen atoms in total. The topological polar surface area (TPSA) is 15.7 Å². The minimum Gasteiger partial charge on any atom is -0.453 e. The van der Waals surface area contributed by atoms with Crippen molar-refractivity contribution in [1.82, 2.24) is 0 Å². The third-order valence-corrected chi connectivity index (χ3v) is 9.69. The molecule has 0 atom stereocenters. The van der Waals surface area contributed by atoms with Crippen LogP contribution in [0.5, 0.6) is 11.5 Å². The molecule has 216 valence electrons. The van der Waals surface area contributed by atoms with Gasteiger partial charge in [0.2, 0.25) is 0 Å². The standard InChI is InChI=1S/C42H32N2O/c1-27-11-8-19-38-40(27)44-37-24-23-32(26-35(37)42(2,3)34-17-10-20-39(45-38)41(34)44)43(31-22-21-28-12-4-5-14-30(28)25-31)36-18-9-15-29-13-6-7-16-33(29)36/h4-26H,1-3H3. The summed E-state index contributed by atoms with van der Waals surface area (Å²) in [6.45, 7) is 6.86. The number of aryl methyl sites for hydroxylation is 1. The molecule has 7 aromatic rings. The first-order chi connectivity index (χ1) is 22.0. The number of para-hydroxylation sites is 2. The third kappa shape index (κ3) is 3.77. The van der Waals surface area contributed by atoms with Gasteiger partial charge in [-0.05, 0) is 88.3 Å². The zero-order valence-electron chi connectivity index (χ0n) is 25.6. The lowest BCUT2D eigenvalue weighted by atomic mass is 9.73. The van der Waals surface area contributed by atoms with Crippen LogP contribution < -0.4 is 14.5 Å². The highest BCUT2D eigenvalue weighted by molar-refractivity contribution is 6.01. The fourth-order valence-electron chi connectivity index (χ4n) is 7.46. The summed E-state index contributed by atoms with van der Waals surface area (Å²) in [6, 6.07) is 50.5. The maximum Gasteiger partial charge on any atom is 0.151 e. The molecule has 9 rings (SSSR count). The maximum absolute atomic E-state index is 6.52. The zero-order chi connectivity index (χ0) is 30.3. The van der Waals surface area contributed by atoms with Gasteiger partial charge in [0, 0.05) is 22.2 Å². The van der Waals surface area contributed by atoms with Crippen molar-refractivity contribution in [1.29, 1.82) is 0 Å². The number of ether oxygens (including phenoxy) is 1. The molecule has 7 aromatic carbocycles. The number of benzene rings is 7. The van der Waals surface area contributed by atoms with Gasteiger partial charge in [-0.15, -0.1) is 0 Å². The van der Waals surface area contributed by atoms with Gasteiger partial charge in [-0.3, -0.25) is 0 Å². The van der Waals surface area contributed by atoms with Crippen LogP contribution in [-0.2, 0) is 5.41 Å². The molecule has 0 amide bonds. The van der Waals surface area contributed by atoms with E-state index in [2.05, 4.69) is 170 Å². The molecule has 2 aliphatic rings. The van der Waals surface area contributed by atoms with E-state index in [-0.39, 0.29) is 5.41 Å². The van der Waals surface area contributed by atoms with E-state index in [1.165, 1.54) is 43.9 Å². The van der Waals surface area contributed by atoms with Crippen molar-refractivity contribution in [3.8, 4) is 11.5 Å². The Balaban J connectivity index is 1.31. The molecule has 3 heteroatoms. The summed E-state index contributed by atoms with van der Waals surface area (Å²) in [5.74, 6) is 1.80. The first-order valence-electron chi connectivity index (χ1n) is 15.6. The Kier molecular flexibility index (Phi) is 5.46. The Morgan fingerprint density at radius 3 is 2.09 bits per heavy atom. The summed E-state index contributed by atoms with van der Waals surface area (Å²) < 4.78 is 6.52. The van der Waals surface area contributed by atoms with Crippen LogP contribution in [0.3, 0.4) is 0 Å². The van der Waals surface area contributed by atoms with Gasteiger partial charge in [-0.2, -0.15) is 0 Å². The van der Waals surface area contributed by atoms with Crippen LogP contribution in [-0.4, -0.2) is 0 Å². The highest BCUT2D eigenvalue weighted by atomic mass is 16.5. The number of anilines is 6. The largest absolute Gasteiger partial charge is 0.453 e. The summed E-state index contributed by atoms with van der Waals surface area (Å²) in [7, 11) is 0. The molecule has 2 heterocycles. The van der Waals surface area contributed by atoms with Crippen LogP contribution in [0.1, 0.15) is 30.5 Å². The highest BCUT2D eigenvalue weighted by Gasteiger charge is 2.42. The molecule has 0 saturated carbocycles. The van der Waals surface area contributed by atoms with Crippen molar-refractivity contribution in [2.24, 2.45) is 0 Å². The molecule has 45 heavy (non-hydrogen) atoms. The second-order valence-electron chi connectivity index (χ2n) is 12.7. The van der Waals surface area contributed by atoms with Crippen LogP contribution in [0.2, 0.25) is 0 Å². The van der Waals surface area contributed by atoms with E-state index in [0.29, 0.717) is 0 Å². The Morgan fingerprint density at radius 2 is 1.22 bits per heavy atom. The normalized spacial score (nSPS) is 14.0. The second kappa shape index (κ2) is 9.48. The van der Waals surface area contributed by atoms with Gasteiger partial charge >= 0.3 is 0 Å². The molecule has 0 saturated heterocycles. The van der Waals surface area contributed by atoms with Gasteiger partial charge in [0.25, 0.3) is 0 Å². The van der Waals surface area contributed by atoms with Crippen LogP contribution in [0.4, 0.5) is 34.1 Å². The number of hydrogen-bond donors (Lipinski definition) is 0. The maximum atomic E-state index is 6.52. The third-order valence-electron chi connectivity index (χ3n) is 9.69. The lowest BCUT2D eigenvalue weighted by Crippen LogP contribution is -2.32. The Bertz CT molecular complexity index is 2310. The summed E-state index contributed by atoms with van der Waals surface area (Å²) in [4.78, 5) is 4.86. The molecule has 0 aliphatic carbocycles. The van der Waals surface area contributed by atoms with E-state index in [1.54, 1.807) is 0 Å². The van der Waals surface area contributed by atoms with Crippen molar-refractivity contribution < 1.29 is 4.74 Å². The summed E-state index contributed by atoms with van der Waals surface area (Å²) in [5, 5.41) is 4.90. The van der Waals surface area contributed by atoms with E-state index < -0.39 is 0 Å². The van der Waals surface area contributed by atoms with Gasteiger partial charge in [-0.25, -0.2) is 0 Å². The summed E-state index contributed by atoms with van der Waals surface area (Å²) >= 11 is 0. The molecular weight excluding hydrogens is 548 g/mol. The fourth-order valence-corrected chi connectivity index (χ4v) is 7.46. The zero-order valence-corrected chi connectivity index (χ0v) is 25.6. The minimum atomic E-state index is -0.259. The Labute approximate surface area is 263 Å². The smallest absolute Gasteiger partial charge is 0.151 e. The van der Waals surface area contributed by atoms with Crippen molar-refractivity contribution in [3.05, 3.63) is 156 Å². The lowest BCUT2D eigenvalue weighted by Gasteiger charge is -2.45. The van der Waals surface area contributed by atoms with Gasteiger partial charge in [0.15, 0.2) is 11.5 Å². The number of hydrogen-bond acceptors (Lipinski definition) is 3. The van der Waals surface area contributed by atoms with Crippen LogP contribution in [0.25, 0.3) is 21.5 Å². The molecule has 0 fully saturated rings. The minimum absolute atomic E-state index is 0.259. The van der Waals surface area contributed by atoms with Crippen LogP contribution in [0.15, 0.2) is 140 Å². The van der Waals surface area contributed by atoms with E-state index >= 15 is 0 Å². The highest BCUT2D eigenvalue weighted by Crippen LogP contribution is 2.61. The van der Waals surface area contributed by atoms with Crippen molar-refractivity contribution >= 4 is 55.7 Å². The Morgan fingerprint density at radius 1 is 0.556 bits per heavy atom. The molecule has 0 aromatic heterocycles. The molecular formula is C42H32N2O. The molecule has 0 bridgehead atoms. The lowest BCUT2D eigenvalue weighted by molar-refractivity contribution is 0.471. The van der Waals surface area contributed by atoms with E-state index in [0.717, 1.165) is 39.9 Å². The van der Waals surface area contributed by atoms with E-state index in [9.17, 15) is 0 Å². The van der Waals surface area contributed by atoms with Crippen molar-refractivity contribution in [2.45, 2.75) is 26.2 Å². The van der Waals surface area contributed by atoms with Crippen LogP contribution >= 0.6 is 0 Å². The number of nitrogens with zero attached hydrogens (tertiary/aromatic N) is 2. The first-order valence-corrected chi connectivity index (χ1v) is 15.6. The predicted molar refractivity (Wildman–Crippen MR) is 188 cm³/mol. The number of fused-ring (bicyclic) bond motifs is 6. The van der Waals surface area contributed by atoms with Crippen molar-refractivity contribution in [2.75, 3.05) is 9.80 Å². The molecule has 0 spiro atoms. The average molecular weight is 581 g/mol. The first kappa shape index (κ1) is 25.9. The van der Waals surface area contributed by atoms with Crippen LogP contribution in [0, 0.1) is 6.92 Å². The second-order valence-corrected chi connectivity index (χ2v) is 12.7. The molecule has 2 aliphatic heterocycles. The fraction of sp³-hybridized carbons (Fsp3) is 0.0952. The van der Waals surface area contributed by atoms with E-state index in [4.69, 9.17) is 4.74 Å². The monoisotopic (exact) mass is 580 g/mol. The molecule has 0 unspecified atom stereocenters. The van der Waals surface area contributed by atoms with Gasteiger partial charge in [0.1, 0.15) is 0 Å². The molecule has 0 N–H and O–H groups in total. The quantitative estimate of drug-likeness (QED) is 0.207. The van der Waals surface area contributed by atoms with Gasteiger partial charge in [0.05, 0.1) is 22.7 Å². The van der Waals surface area contributed by atoms with Gasteiger partial charge in [-0.1, -0.05) is 105 Å². The molecule has 0 radical (unpaired) electrons. The van der Waals surface area contributed by atoms with Gasteiger partial charge < -0.3 is 14.5 Å². The average Bonchev–Trinajstić information content (AvgIpc) is 3.07. The predicted octanol–water partition coefficient (Wildman–Crippen LogP) is 12.0.